The summed E-state index contributed by atoms with van der Waals surface area (Å²) in [5, 5.41) is 16.3. The number of alkyl halides is 2. The summed E-state index contributed by atoms with van der Waals surface area (Å²) in [5.74, 6) is -3.92. The van der Waals surface area contributed by atoms with Gasteiger partial charge < -0.3 is 19.7 Å². The van der Waals surface area contributed by atoms with Crippen LogP contribution in [0.15, 0.2) is 67.0 Å². The molecule has 3 heterocycles. The molecule has 10 nitrogen and oxygen atoms in total. The van der Waals surface area contributed by atoms with Crippen LogP contribution in [-0.4, -0.2) is 46.8 Å². The fraction of sp³-hybridized carbons (Fsp3) is 0.207. The summed E-state index contributed by atoms with van der Waals surface area (Å²) in [6, 6.07) is 13.9. The van der Waals surface area contributed by atoms with Gasteiger partial charge in [0.15, 0.2) is 0 Å². The Hall–Kier alpha value is -5.31. The van der Waals surface area contributed by atoms with Crippen LogP contribution in [-0.2, 0) is 12.5 Å². The second-order valence-electron chi connectivity index (χ2n) is 9.30. The number of carbonyl (C=O) groups excluding carboxylic acids is 2. The van der Waals surface area contributed by atoms with Gasteiger partial charge in [-0.3, -0.25) is 14.3 Å². The van der Waals surface area contributed by atoms with Crippen LogP contribution in [0.2, 0.25) is 0 Å². The van der Waals surface area contributed by atoms with Gasteiger partial charge >= 0.3 is 0 Å². The Kier molecular flexibility index (Phi) is 7.11. The molecule has 2 amide bonds. The number of anilines is 2. The fourth-order valence-electron chi connectivity index (χ4n) is 4.70. The van der Waals surface area contributed by atoms with E-state index in [4.69, 9.17) is 9.47 Å². The van der Waals surface area contributed by atoms with E-state index in [0.29, 0.717) is 18.0 Å². The lowest BCUT2D eigenvalue weighted by Gasteiger charge is -2.34. The summed E-state index contributed by atoms with van der Waals surface area (Å²) in [5.41, 5.74) is 0.575. The molecule has 1 aliphatic heterocycles. The normalized spacial score (nSPS) is 14.7. The first kappa shape index (κ1) is 27.3. The molecule has 1 unspecified atom stereocenters. The van der Waals surface area contributed by atoms with Gasteiger partial charge in [-0.2, -0.15) is 19.1 Å². The van der Waals surface area contributed by atoms with E-state index in [-0.39, 0.29) is 45.6 Å². The lowest BCUT2D eigenvalue weighted by molar-refractivity contribution is 0.0425. The van der Waals surface area contributed by atoms with E-state index in [1.54, 1.807) is 0 Å². The summed E-state index contributed by atoms with van der Waals surface area (Å²) in [6.07, 6.45) is 2.63. The Balaban J connectivity index is 1.40. The van der Waals surface area contributed by atoms with Crippen molar-refractivity contribution in [3.63, 3.8) is 0 Å². The minimum absolute atomic E-state index is 0.0727. The van der Waals surface area contributed by atoms with Crippen molar-refractivity contribution in [3.8, 4) is 17.7 Å². The van der Waals surface area contributed by atoms with E-state index in [0.717, 1.165) is 0 Å². The van der Waals surface area contributed by atoms with Crippen molar-refractivity contribution in [2.75, 3.05) is 24.4 Å². The van der Waals surface area contributed by atoms with Crippen molar-refractivity contribution in [1.82, 2.24) is 14.8 Å². The summed E-state index contributed by atoms with van der Waals surface area (Å²) in [6.45, 7) is 2.13. The van der Waals surface area contributed by atoms with Gasteiger partial charge in [0.2, 0.25) is 5.88 Å². The van der Waals surface area contributed by atoms with E-state index < -0.39 is 17.7 Å². The molecular weight excluding hydrogens is 534 g/mol. The molecule has 2 aromatic heterocycles. The first-order valence-corrected chi connectivity index (χ1v) is 12.5. The first-order chi connectivity index (χ1) is 19.7. The predicted molar refractivity (Wildman–Crippen MR) is 144 cm³/mol. The summed E-state index contributed by atoms with van der Waals surface area (Å²) in [4.78, 5) is 32.0. The van der Waals surface area contributed by atoms with Crippen LogP contribution in [0.4, 0.5) is 20.2 Å². The van der Waals surface area contributed by atoms with Crippen molar-refractivity contribution in [3.05, 3.63) is 94.9 Å². The number of pyridine rings is 1. The highest BCUT2D eigenvalue weighted by Crippen LogP contribution is 2.38. The SMILES string of the molecule is COc1cc(C(F)(F)c2ccc(N3C(=O)c4c(NC(=O)c5ccc(OC)c(C#N)c5)cnn4CC3C)cc2)ccn1. The monoisotopic (exact) mass is 558 g/mol. The number of benzene rings is 2. The lowest BCUT2D eigenvalue weighted by Crippen LogP contribution is -2.47. The average molecular weight is 559 g/mol. The Bertz CT molecular complexity index is 1680. The van der Waals surface area contributed by atoms with E-state index >= 15 is 8.78 Å². The molecule has 0 spiro atoms. The maximum absolute atomic E-state index is 15.3. The van der Waals surface area contributed by atoms with E-state index in [1.165, 1.54) is 90.8 Å². The van der Waals surface area contributed by atoms with Gasteiger partial charge in [0.05, 0.1) is 44.3 Å². The van der Waals surface area contributed by atoms with Crippen LogP contribution in [0.5, 0.6) is 11.6 Å². The molecule has 0 radical (unpaired) electrons. The number of hydrogen-bond acceptors (Lipinski definition) is 7. The van der Waals surface area contributed by atoms with Crippen molar-refractivity contribution in [2.24, 2.45) is 0 Å². The van der Waals surface area contributed by atoms with Crippen LogP contribution in [0.3, 0.4) is 0 Å². The molecule has 0 saturated heterocycles. The molecule has 0 fully saturated rings. The quantitative estimate of drug-likeness (QED) is 0.352. The molecule has 1 atom stereocenters. The molecule has 1 N–H and O–H groups in total. The standard InChI is InChI=1S/C29H24F2N6O4/c1-17-16-36-26(23(15-34-36)35-27(38)18-4-9-24(40-2)19(12-18)14-32)28(39)37(17)22-7-5-20(6-8-22)29(30,31)21-10-11-33-25(13-21)41-3/h4-13,15,17H,16H2,1-3H3,(H,35,38). The molecule has 41 heavy (non-hydrogen) atoms. The third-order valence-electron chi connectivity index (χ3n) is 6.78. The van der Waals surface area contributed by atoms with E-state index in [9.17, 15) is 14.9 Å². The fourth-order valence-corrected chi connectivity index (χ4v) is 4.70. The molecule has 0 saturated carbocycles. The highest BCUT2D eigenvalue weighted by molar-refractivity contribution is 6.13. The zero-order valence-corrected chi connectivity index (χ0v) is 22.3. The molecule has 2 aromatic carbocycles. The number of nitrogens with one attached hydrogen (secondary N) is 1. The minimum Gasteiger partial charge on any atom is -0.495 e. The number of rotatable bonds is 7. The number of nitrogens with zero attached hydrogens (tertiary/aromatic N) is 5. The van der Waals surface area contributed by atoms with Crippen LogP contribution in [0.1, 0.15) is 44.5 Å². The summed E-state index contributed by atoms with van der Waals surface area (Å²) >= 11 is 0. The predicted octanol–water partition coefficient (Wildman–Crippen LogP) is 4.61. The number of nitriles is 1. The van der Waals surface area contributed by atoms with Gasteiger partial charge in [0, 0.05) is 34.6 Å². The largest absolute Gasteiger partial charge is 0.495 e. The van der Waals surface area contributed by atoms with Gasteiger partial charge in [0.25, 0.3) is 17.7 Å². The summed E-state index contributed by atoms with van der Waals surface area (Å²) < 4.78 is 42.1. The Morgan fingerprint density at radius 1 is 1.10 bits per heavy atom. The van der Waals surface area contributed by atoms with Crippen LogP contribution < -0.4 is 19.7 Å². The van der Waals surface area contributed by atoms with Crippen LogP contribution in [0.25, 0.3) is 0 Å². The number of aromatic nitrogens is 3. The smallest absolute Gasteiger partial charge is 0.298 e. The third-order valence-corrected chi connectivity index (χ3v) is 6.78. The van der Waals surface area contributed by atoms with Crippen LogP contribution in [0, 0.1) is 11.3 Å². The topological polar surface area (TPSA) is 122 Å². The Labute approximate surface area is 233 Å². The van der Waals surface area contributed by atoms with E-state index in [2.05, 4.69) is 15.4 Å². The molecule has 1 aliphatic rings. The number of methoxy groups -OCH3 is 2. The number of ether oxygens (including phenoxy) is 2. The zero-order valence-electron chi connectivity index (χ0n) is 22.3. The van der Waals surface area contributed by atoms with E-state index in [1.807, 2.05) is 13.0 Å². The third kappa shape index (κ3) is 4.93. The highest BCUT2D eigenvalue weighted by atomic mass is 19.3. The summed E-state index contributed by atoms with van der Waals surface area (Å²) in [7, 11) is 2.77. The second kappa shape index (κ2) is 10.7. The van der Waals surface area contributed by atoms with Crippen molar-refractivity contribution in [2.45, 2.75) is 25.4 Å². The molecule has 208 valence electrons. The van der Waals surface area contributed by atoms with Crippen molar-refractivity contribution < 1.29 is 27.8 Å². The molecule has 0 bridgehead atoms. The van der Waals surface area contributed by atoms with Crippen molar-refractivity contribution in [1.29, 1.82) is 5.26 Å². The molecule has 4 aromatic rings. The number of amides is 2. The molecule has 12 heteroatoms. The molecule has 0 aliphatic carbocycles. The number of fused-ring (bicyclic) bond motifs is 1. The minimum atomic E-state index is -3.32. The first-order valence-electron chi connectivity index (χ1n) is 12.5. The molecular formula is C29H24F2N6O4. The highest BCUT2D eigenvalue weighted by Gasteiger charge is 2.37. The number of halogens is 2. The van der Waals surface area contributed by atoms with Gasteiger partial charge in [0.1, 0.15) is 17.5 Å². The number of hydrogen-bond donors (Lipinski definition) is 1. The van der Waals surface area contributed by atoms with Gasteiger partial charge in [-0.15, -0.1) is 0 Å². The molecule has 5 rings (SSSR count). The van der Waals surface area contributed by atoms with Gasteiger partial charge in [-0.1, -0.05) is 12.1 Å². The zero-order chi connectivity index (χ0) is 29.3. The Morgan fingerprint density at radius 3 is 2.54 bits per heavy atom. The van der Waals surface area contributed by atoms with Gasteiger partial charge in [-0.05, 0) is 43.3 Å². The van der Waals surface area contributed by atoms with Crippen molar-refractivity contribution >= 4 is 23.2 Å². The lowest BCUT2D eigenvalue weighted by atomic mass is 10.0. The average Bonchev–Trinajstić information content (AvgIpc) is 3.39. The van der Waals surface area contributed by atoms with Gasteiger partial charge in [-0.25, -0.2) is 4.98 Å². The Morgan fingerprint density at radius 2 is 1.85 bits per heavy atom. The second-order valence-corrected chi connectivity index (χ2v) is 9.30. The van der Waals surface area contributed by atoms with Crippen LogP contribution >= 0.6 is 0 Å². The maximum atomic E-state index is 15.3. The maximum Gasteiger partial charge on any atom is 0.298 e. The number of carbonyl (C=O) groups is 2.